The van der Waals surface area contributed by atoms with E-state index >= 15 is 0 Å². The number of aromatic nitrogens is 1. The molecule has 4 nitrogen and oxygen atoms in total. The molecule has 0 aliphatic carbocycles. The van der Waals surface area contributed by atoms with Crippen LogP contribution in [0.4, 0.5) is 0 Å². The Morgan fingerprint density at radius 3 is 2.24 bits per heavy atom. The van der Waals surface area contributed by atoms with Gasteiger partial charge in [-0.25, -0.2) is 4.98 Å². The molecule has 1 fully saturated rings. The van der Waals surface area contributed by atoms with Crippen molar-refractivity contribution in [2.45, 2.75) is 19.3 Å². The number of nitrogens with zero attached hydrogens (tertiary/aromatic N) is 2. The first-order valence-electron chi connectivity index (χ1n) is 8.72. The van der Waals surface area contributed by atoms with Crippen molar-refractivity contribution in [3.8, 4) is 17.0 Å². The summed E-state index contributed by atoms with van der Waals surface area (Å²) < 4.78 is 0. The topological polar surface area (TPSA) is 53.4 Å². The number of hydrogen-bond acceptors (Lipinski definition) is 3. The maximum absolute atomic E-state index is 13.0. The highest BCUT2D eigenvalue weighted by molar-refractivity contribution is 6.06. The van der Waals surface area contributed by atoms with E-state index in [4.69, 9.17) is 0 Å². The van der Waals surface area contributed by atoms with Gasteiger partial charge >= 0.3 is 0 Å². The van der Waals surface area contributed by atoms with Crippen molar-refractivity contribution in [1.82, 2.24) is 9.88 Å². The molecular formula is C21H20N2O2. The molecule has 2 heterocycles. The molecule has 1 N–H and O–H groups in total. The maximum atomic E-state index is 13.0. The molecule has 1 amide bonds. The van der Waals surface area contributed by atoms with E-state index in [0.29, 0.717) is 5.39 Å². The molecule has 0 unspecified atom stereocenters. The summed E-state index contributed by atoms with van der Waals surface area (Å²) in [7, 11) is 0. The fourth-order valence-corrected chi connectivity index (χ4v) is 3.46. The summed E-state index contributed by atoms with van der Waals surface area (Å²) in [6.45, 7) is 1.46. The minimum Gasteiger partial charge on any atom is -0.505 e. The molecular weight excluding hydrogens is 312 g/mol. The highest BCUT2D eigenvalue weighted by Gasteiger charge is 2.25. The van der Waals surface area contributed by atoms with E-state index in [2.05, 4.69) is 4.98 Å². The number of piperidine rings is 1. The summed E-state index contributed by atoms with van der Waals surface area (Å²) in [5.74, 6) is -0.203. The van der Waals surface area contributed by atoms with Gasteiger partial charge in [0.25, 0.3) is 5.91 Å². The van der Waals surface area contributed by atoms with Crippen LogP contribution < -0.4 is 0 Å². The van der Waals surface area contributed by atoms with Crippen LogP contribution in [0.1, 0.15) is 29.8 Å². The van der Waals surface area contributed by atoms with Gasteiger partial charge in [0.15, 0.2) is 11.4 Å². The normalized spacial score (nSPS) is 14.6. The predicted molar refractivity (Wildman–Crippen MR) is 98.6 cm³/mol. The Hall–Kier alpha value is -2.88. The van der Waals surface area contributed by atoms with E-state index in [9.17, 15) is 9.90 Å². The minimum absolute atomic E-state index is 0.0224. The first kappa shape index (κ1) is 15.6. The molecule has 0 spiro atoms. The number of carbonyl (C=O) groups is 1. The molecule has 0 atom stereocenters. The van der Waals surface area contributed by atoms with E-state index < -0.39 is 0 Å². The van der Waals surface area contributed by atoms with Crippen LogP contribution in [0.5, 0.6) is 5.75 Å². The number of aromatic hydroxyl groups is 1. The number of rotatable bonds is 2. The number of benzene rings is 2. The average molecular weight is 332 g/mol. The second kappa shape index (κ2) is 6.55. The summed E-state index contributed by atoms with van der Waals surface area (Å²) in [5.41, 5.74) is 1.82. The van der Waals surface area contributed by atoms with Crippen LogP contribution >= 0.6 is 0 Å². The Kier molecular flexibility index (Phi) is 4.10. The number of pyridine rings is 1. The Morgan fingerprint density at radius 2 is 1.52 bits per heavy atom. The zero-order valence-electron chi connectivity index (χ0n) is 14.0. The van der Waals surface area contributed by atoms with Crippen LogP contribution in [-0.2, 0) is 0 Å². The largest absolute Gasteiger partial charge is 0.505 e. The van der Waals surface area contributed by atoms with Gasteiger partial charge in [-0.1, -0.05) is 54.6 Å². The SMILES string of the molecule is O=C(c1nc(-c2ccccc2)c2ccccc2c1O)N1CCCCC1. The lowest BCUT2D eigenvalue weighted by Crippen LogP contribution is -2.36. The minimum atomic E-state index is -0.180. The quantitative estimate of drug-likeness (QED) is 0.764. The molecule has 0 bridgehead atoms. The van der Waals surface area contributed by atoms with Crippen molar-refractivity contribution in [3.63, 3.8) is 0 Å². The molecule has 126 valence electrons. The van der Waals surface area contributed by atoms with E-state index in [0.717, 1.165) is 49.0 Å². The summed E-state index contributed by atoms with van der Waals surface area (Å²) in [5, 5.41) is 12.2. The van der Waals surface area contributed by atoms with Crippen molar-refractivity contribution < 1.29 is 9.90 Å². The van der Waals surface area contributed by atoms with Gasteiger partial charge in [0.05, 0.1) is 5.69 Å². The highest BCUT2D eigenvalue weighted by Crippen LogP contribution is 2.35. The van der Waals surface area contributed by atoms with Crippen molar-refractivity contribution in [3.05, 3.63) is 60.3 Å². The van der Waals surface area contributed by atoms with Gasteiger partial charge in [-0.15, -0.1) is 0 Å². The molecule has 1 aromatic heterocycles. The van der Waals surface area contributed by atoms with Gasteiger partial charge in [0.1, 0.15) is 0 Å². The van der Waals surface area contributed by atoms with Crippen molar-refractivity contribution >= 4 is 16.7 Å². The number of amides is 1. The molecule has 1 aliphatic rings. The molecule has 0 saturated carbocycles. The van der Waals surface area contributed by atoms with Gasteiger partial charge in [0.2, 0.25) is 0 Å². The summed E-state index contributed by atoms with van der Waals surface area (Å²) in [6, 6.07) is 17.3. The van der Waals surface area contributed by atoms with Crippen LogP contribution in [0.25, 0.3) is 22.0 Å². The third-order valence-corrected chi connectivity index (χ3v) is 4.78. The van der Waals surface area contributed by atoms with Crippen molar-refractivity contribution in [2.75, 3.05) is 13.1 Å². The van der Waals surface area contributed by atoms with E-state index in [1.807, 2.05) is 54.6 Å². The lowest BCUT2D eigenvalue weighted by atomic mass is 10.0. The van der Waals surface area contributed by atoms with Crippen LogP contribution in [0.15, 0.2) is 54.6 Å². The molecule has 1 aliphatic heterocycles. The molecule has 2 aromatic carbocycles. The van der Waals surface area contributed by atoms with Crippen molar-refractivity contribution in [1.29, 1.82) is 0 Å². The zero-order chi connectivity index (χ0) is 17.2. The zero-order valence-corrected chi connectivity index (χ0v) is 14.0. The van der Waals surface area contributed by atoms with Gasteiger partial charge in [-0.3, -0.25) is 4.79 Å². The smallest absolute Gasteiger partial charge is 0.276 e. The highest BCUT2D eigenvalue weighted by atomic mass is 16.3. The molecule has 4 rings (SSSR count). The number of carbonyl (C=O) groups excluding carboxylic acids is 1. The maximum Gasteiger partial charge on any atom is 0.276 e. The predicted octanol–water partition coefficient (Wildman–Crippen LogP) is 4.23. The number of fused-ring (bicyclic) bond motifs is 1. The summed E-state index contributed by atoms with van der Waals surface area (Å²) >= 11 is 0. The van der Waals surface area contributed by atoms with E-state index in [-0.39, 0.29) is 17.4 Å². The number of likely N-dealkylation sites (tertiary alicyclic amines) is 1. The van der Waals surface area contributed by atoms with Gasteiger partial charge in [-0.2, -0.15) is 0 Å². The Balaban J connectivity index is 1.90. The molecule has 25 heavy (non-hydrogen) atoms. The fraction of sp³-hybridized carbons (Fsp3) is 0.238. The fourth-order valence-electron chi connectivity index (χ4n) is 3.46. The number of hydrogen-bond donors (Lipinski definition) is 1. The van der Waals surface area contributed by atoms with Crippen LogP contribution in [0, 0.1) is 0 Å². The van der Waals surface area contributed by atoms with Gasteiger partial charge in [0, 0.05) is 29.4 Å². The Morgan fingerprint density at radius 1 is 0.880 bits per heavy atom. The van der Waals surface area contributed by atoms with E-state index in [1.165, 1.54) is 0 Å². The van der Waals surface area contributed by atoms with E-state index in [1.54, 1.807) is 4.90 Å². The standard InChI is InChI=1S/C21H20N2O2/c24-20-17-12-6-5-11-16(17)18(15-9-3-1-4-10-15)22-19(20)21(25)23-13-7-2-8-14-23/h1,3-6,9-12,24H,2,7-8,13-14H2. The Labute approximate surface area is 146 Å². The lowest BCUT2D eigenvalue weighted by Gasteiger charge is -2.27. The second-order valence-electron chi connectivity index (χ2n) is 6.42. The van der Waals surface area contributed by atoms with Gasteiger partial charge < -0.3 is 10.0 Å². The Bertz CT molecular complexity index is 916. The summed E-state index contributed by atoms with van der Waals surface area (Å²) in [6.07, 6.45) is 3.16. The van der Waals surface area contributed by atoms with Crippen molar-refractivity contribution in [2.24, 2.45) is 0 Å². The average Bonchev–Trinajstić information content (AvgIpc) is 2.69. The molecule has 3 aromatic rings. The first-order valence-corrected chi connectivity index (χ1v) is 8.72. The molecule has 1 saturated heterocycles. The third kappa shape index (κ3) is 2.84. The summed E-state index contributed by atoms with van der Waals surface area (Å²) in [4.78, 5) is 19.4. The third-order valence-electron chi connectivity index (χ3n) is 4.78. The van der Waals surface area contributed by atoms with Crippen LogP contribution in [0.2, 0.25) is 0 Å². The van der Waals surface area contributed by atoms with Crippen LogP contribution in [0.3, 0.4) is 0 Å². The van der Waals surface area contributed by atoms with Gasteiger partial charge in [-0.05, 0) is 19.3 Å². The second-order valence-corrected chi connectivity index (χ2v) is 6.42. The van der Waals surface area contributed by atoms with Crippen LogP contribution in [-0.4, -0.2) is 34.0 Å². The lowest BCUT2D eigenvalue weighted by molar-refractivity contribution is 0.0715. The molecule has 4 heteroatoms. The monoisotopic (exact) mass is 332 g/mol. The molecule has 0 radical (unpaired) electrons. The first-order chi connectivity index (χ1) is 12.3.